The van der Waals surface area contributed by atoms with E-state index in [0.717, 1.165) is 88.0 Å². The lowest BCUT2D eigenvalue weighted by Gasteiger charge is -2.40. The Bertz CT molecular complexity index is 1590. The molecule has 0 aliphatic carbocycles. The zero-order chi connectivity index (χ0) is 35.8. The summed E-state index contributed by atoms with van der Waals surface area (Å²) in [6, 6.07) is 18.7. The second-order valence-corrected chi connectivity index (χ2v) is 14.0. The molecule has 0 saturated carbocycles. The number of benzene rings is 2. The molecule has 3 saturated heterocycles. The molecule has 2 atom stereocenters. The first kappa shape index (κ1) is 36.6. The van der Waals surface area contributed by atoms with Crippen LogP contribution in [0.3, 0.4) is 0 Å². The van der Waals surface area contributed by atoms with E-state index in [1.807, 2.05) is 37.3 Å². The third-order valence-corrected chi connectivity index (χ3v) is 9.84. The molecule has 3 aliphatic rings. The van der Waals surface area contributed by atoms with Crippen LogP contribution in [0.15, 0.2) is 60.8 Å². The number of carbonyl (C=O) groups is 3. The zero-order valence-electron chi connectivity index (χ0n) is 30.0. The molecule has 1 aromatic heterocycles. The first-order valence-corrected chi connectivity index (χ1v) is 17.7. The van der Waals surface area contributed by atoms with Gasteiger partial charge in [-0.3, -0.25) is 19.3 Å². The van der Waals surface area contributed by atoms with Gasteiger partial charge in [-0.2, -0.15) is 0 Å². The molecule has 11 nitrogen and oxygen atoms in total. The third-order valence-electron chi connectivity index (χ3n) is 9.84. The molecular formula is C39H52N6O5. The fourth-order valence-electron chi connectivity index (χ4n) is 7.50. The normalized spacial score (nSPS) is 20.2. The summed E-state index contributed by atoms with van der Waals surface area (Å²) in [5.74, 6) is 1.32. The largest absolute Gasteiger partial charge is 0.496 e. The van der Waals surface area contributed by atoms with Gasteiger partial charge in [0.05, 0.1) is 12.7 Å². The number of carbonyl (C=O) groups excluding carboxylic acids is 2. The highest BCUT2D eigenvalue weighted by Gasteiger charge is 2.42. The smallest absolute Gasteiger partial charge is 0.300 e. The summed E-state index contributed by atoms with van der Waals surface area (Å²) in [6.07, 6.45) is 5.59. The van der Waals surface area contributed by atoms with E-state index < -0.39 is 5.97 Å². The highest BCUT2D eigenvalue weighted by atomic mass is 16.5. The molecule has 268 valence electrons. The molecule has 3 aliphatic heterocycles. The first-order valence-electron chi connectivity index (χ1n) is 17.7. The van der Waals surface area contributed by atoms with Crippen molar-refractivity contribution in [3.05, 3.63) is 83.0 Å². The minimum absolute atomic E-state index is 0.0470. The maximum atomic E-state index is 13.1. The van der Waals surface area contributed by atoms with Gasteiger partial charge in [-0.05, 0) is 80.5 Å². The van der Waals surface area contributed by atoms with Gasteiger partial charge in [0.25, 0.3) is 17.8 Å². The van der Waals surface area contributed by atoms with Crippen molar-refractivity contribution in [1.82, 2.24) is 20.5 Å². The number of anilines is 2. The van der Waals surface area contributed by atoms with Crippen LogP contribution in [0.5, 0.6) is 5.75 Å². The van der Waals surface area contributed by atoms with Crippen molar-refractivity contribution in [2.24, 2.45) is 5.92 Å². The van der Waals surface area contributed by atoms with E-state index in [1.54, 1.807) is 13.3 Å². The highest BCUT2D eigenvalue weighted by molar-refractivity contribution is 5.96. The Kier molecular flexibility index (Phi) is 12.3. The molecule has 3 aromatic rings. The molecule has 4 heterocycles. The molecule has 2 unspecified atom stereocenters. The summed E-state index contributed by atoms with van der Waals surface area (Å²) >= 11 is 0. The molecule has 3 fully saturated rings. The van der Waals surface area contributed by atoms with Crippen LogP contribution in [-0.2, 0) is 11.3 Å². The lowest BCUT2D eigenvalue weighted by Crippen LogP contribution is -2.50. The topological polar surface area (TPSA) is 127 Å². The van der Waals surface area contributed by atoms with Gasteiger partial charge in [0.1, 0.15) is 11.6 Å². The standard InChI is InChI=1S/C37H48N6O3.C2H4O2/c1-25(2)24-41-16-18-42(19-17-41)30-11-8-27(9-12-30)22-39-36(44)28-10-15-35(38-23-28)43-31-13-14-32(43)21-29(20-31)40-37(45)33-6-5-7-34(46-4)26(33)3;1-2(3)4/h5-12,15,23,25,29,31-32H,13-14,16-22,24H2,1-4H3,(H,39,44)(H,40,45);1H3,(H,3,4). The van der Waals surface area contributed by atoms with Crippen molar-refractivity contribution in [3.8, 4) is 5.75 Å². The molecule has 11 heteroatoms. The molecule has 50 heavy (non-hydrogen) atoms. The monoisotopic (exact) mass is 684 g/mol. The quantitative estimate of drug-likeness (QED) is 0.267. The number of ether oxygens (including phenoxy) is 1. The van der Waals surface area contributed by atoms with Crippen molar-refractivity contribution < 1.29 is 24.2 Å². The molecule has 2 aromatic carbocycles. The van der Waals surface area contributed by atoms with Gasteiger partial charge in [0.2, 0.25) is 0 Å². The number of hydrogen-bond acceptors (Lipinski definition) is 8. The number of carboxylic acid groups (broad SMARTS) is 1. The van der Waals surface area contributed by atoms with Gasteiger partial charge in [-0.25, -0.2) is 4.98 Å². The van der Waals surface area contributed by atoms with E-state index >= 15 is 0 Å². The van der Waals surface area contributed by atoms with Gasteiger partial charge in [0, 0.05) is 87.3 Å². The Morgan fingerprint density at radius 1 is 0.940 bits per heavy atom. The number of aromatic nitrogens is 1. The molecule has 2 amide bonds. The van der Waals surface area contributed by atoms with E-state index in [-0.39, 0.29) is 17.9 Å². The van der Waals surface area contributed by atoms with Crippen molar-refractivity contribution in [2.75, 3.05) is 49.6 Å². The van der Waals surface area contributed by atoms with Crippen LogP contribution >= 0.6 is 0 Å². The lowest BCUT2D eigenvalue weighted by atomic mass is 9.96. The van der Waals surface area contributed by atoms with Crippen molar-refractivity contribution in [2.45, 2.75) is 78.0 Å². The molecule has 3 N–H and O–H groups in total. The van der Waals surface area contributed by atoms with E-state index in [2.05, 4.69) is 63.4 Å². The van der Waals surface area contributed by atoms with Crippen LogP contribution in [0, 0.1) is 12.8 Å². The molecule has 2 bridgehead atoms. The van der Waals surface area contributed by atoms with Crippen LogP contribution in [0.4, 0.5) is 11.5 Å². The van der Waals surface area contributed by atoms with Gasteiger partial charge in [0.15, 0.2) is 0 Å². The van der Waals surface area contributed by atoms with Crippen LogP contribution < -0.4 is 25.2 Å². The first-order chi connectivity index (χ1) is 24.0. The lowest BCUT2D eigenvalue weighted by molar-refractivity contribution is -0.134. The summed E-state index contributed by atoms with van der Waals surface area (Å²) < 4.78 is 5.40. The molecule has 0 spiro atoms. The highest BCUT2D eigenvalue weighted by Crippen LogP contribution is 2.38. The number of methoxy groups -OCH3 is 1. The average molecular weight is 685 g/mol. The molecular weight excluding hydrogens is 632 g/mol. The van der Waals surface area contributed by atoms with Crippen LogP contribution in [0.25, 0.3) is 0 Å². The predicted octanol–water partition coefficient (Wildman–Crippen LogP) is 5.13. The number of carboxylic acids is 1. The Morgan fingerprint density at radius 2 is 1.60 bits per heavy atom. The zero-order valence-corrected chi connectivity index (χ0v) is 30.0. The number of amides is 2. The number of piperidine rings is 1. The number of piperazine rings is 1. The van der Waals surface area contributed by atoms with Gasteiger partial charge < -0.3 is 30.3 Å². The second-order valence-electron chi connectivity index (χ2n) is 14.0. The number of rotatable bonds is 10. The fraction of sp³-hybridized carbons (Fsp3) is 0.487. The summed E-state index contributed by atoms with van der Waals surface area (Å²) in [5.41, 5.74) is 4.39. The Hall–Kier alpha value is -4.64. The second kappa shape index (κ2) is 16.8. The Labute approximate surface area is 296 Å². The summed E-state index contributed by atoms with van der Waals surface area (Å²) in [4.78, 5) is 47.2. The van der Waals surface area contributed by atoms with E-state index in [1.165, 1.54) is 5.69 Å². The average Bonchev–Trinajstić information content (AvgIpc) is 3.37. The van der Waals surface area contributed by atoms with Crippen LogP contribution in [-0.4, -0.2) is 90.7 Å². The fourth-order valence-corrected chi connectivity index (χ4v) is 7.50. The number of nitrogens with zero attached hydrogens (tertiary/aromatic N) is 4. The number of pyridine rings is 1. The predicted molar refractivity (Wildman–Crippen MR) is 196 cm³/mol. The van der Waals surface area contributed by atoms with Crippen molar-refractivity contribution in [1.29, 1.82) is 0 Å². The van der Waals surface area contributed by atoms with Crippen molar-refractivity contribution >= 4 is 29.3 Å². The maximum absolute atomic E-state index is 13.1. The van der Waals surface area contributed by atoms with Crippen LogP contribution in [0.2, 0.25) is 0 Å². The van der Waals surface area contributed by atoms with E-state index in [0.29, 0.717) is 35.7 Å². The number of aliphatic carboxylic acids is 1. The summed E-state index contributed by atoms with van der Waals surface area (Å²) in [5, 5.41) is 13.8. The summed E-state index contributed by atoms with van der Waals surface area (Å²) in [6.45, 7) is 13.5. The number of nitrogens with one attached hydrogen (secondary N) is 2. The maximum Gasteiger partial charge on any atom is 0.300 e. The van der Waals surface area contributed by atoms with E-state index in [4.69, 9.17) is 19.6 Å². The third kappa shape index (κ3) is 9.32. The van der Waals surface area contributed by atoms with E-state index in [9.17, 15) is 9.59 Å². The molecule has 0 radical (unpaired) electrons. The van der Waals surface area contributed by atoms with Gasteiger partial charge in [-0.15, -0.1) is 0 Å². The number of fused-ring (bicyclic) bond motifs is 2. The Morgan fingerprint density at radius 3 is 2.18 bits per heavy atom. The van der Waals surface area contributed by atoms with Crippen molar-refractivity contribution in [3.63, 3.8) is 0 Å². The van der Waals surface area contributed by atoms with Gasteiger partial charge >= 0.3 is 0 Å². The minimum Gasteiger partial charge on any atom is -0.496 e. The summed E-state index contributed by atoms with van der Waals surface area (Å²) in [7, 11) is 1.63. The number of hydrogen-bond donors (Lipinski definition) is 3. The Balaban J connectivity index is 0.00000115. The minimum atomic E-state index is -0.833. The SMILES string of the molecule is CC(=O)O.COc1cccc(C(=O)NC2CC3CCC(C2)N3c2ccc(C(=O)NCc3ccc(N4CCN(CC(C)C)CC4)cc3)cn2)c1C. The molecule has 6 rings (SSSR count). The van der Waals surface area contributed by atoms with Crippen LogP contribution in [0.1, 0.15) is 78.3 Å². The van der Waals surface area contributed by atoms with Gasteiger partial charge in [-0.1, -0.05) is 32.0 Å².